The normalized spacial score (nSPS) is 40.0. The van der Waals surface area contributed by atoms with E-state index in [1.165, 1.54) is 19.3 Å². The van der Waals surface area contributed by atoms with Gasteiger partial charge in [-0.3, -0.25) is 0 Å². The molecule has 3 nitrogen and oxygen atoms in total. The first-order valence-corrected chi connectivity index (χ1v) is 8.11. The van der Waals surface area contributed by atoms with Crippen molar-refractivity contribution in [1.82, 2.24) is 0 Å². The molecule has 0 aliphatic heterocycles. The molecule has 0 saturated heterocycles. The lowest BCUT2D eigenvalue weighted by Gasteiger charge is -2.60. The molecule has 4 aliphatic rings. The van der Waals surface area contributed by atoms with Gasteiger partial charge in [-0.25, -0.2) is 0 Å². The fourth-order valence-electron chi connectivity index (χ4n) is 5.73. The first-order valence-electron chi connectivity index (χ1n) is 8.11. The zero-order chi connectivity index (χ0) is 14.5. The average Bonchev–Trinajstić information content (AvgIpc) is 2.44. The summed E-state index contributed by atoms with van der Waals surface area (Å²) in [4.78, 5) is 0. The maximum absolute atomic E-state index is 9.68. The minimum absolute atomic E-state index is 0.0124. The van der Waals surface area contributed by atoms with Gasteiger partial charge in [0.05, 0.1) is 11.5 Å². The predicted molar refractivity (Wildman–Crippen MR) is 84.5 cm³/mol. The molecule has 4 bridgehead atoms. The summed E-state index contributed by atoms with van der Waals surface area (Å²) in [6.45, 7) is 0.993. The fraction of sp³-hybridized carbons (Fsp3) is 0.611. The van der Waals surface area contributed by atoms with Crippen molar-refractivity contribution >= 4 is 11.4 Å². The molecule has 5 rings (SSSR count). The molecule has 1 aromatic carbocycles. The van der Waals surface area contributed by atoms with Crippen LogP contribution >= 0.6 is 0 Å². The van der Waals surface area contributed by atoms with Gasteiger partial charge in [0, 0.05) is 17.9 Å². The van der Waals surface area contributed by atoms with Crippen LogP contribution in [0.3, 0.4) is 0 Å². The number of nitrogens with two attached hydrogens (primary N) is 1. The lowest BCUT2D eigenvalue weighted by Crippen LogP contribution is -2.53. The minimum Gasteiger partial charge on any atom is -0.399 e. The number of nitriles is 1. The van der Waals surface area contributed by atoms with E-state index in [1.54, 1.807) is 0 Å². The van der Waals surface area contributed by atoms with Gasteiger partial charge in [0.2, 0.25) is 0 Å². The molecule has 0 spiro atoms. The summed E-state index contributed by atoms with van der Waals surface area (Å²) in [6.07, 6.45) is 7.38. The standard InChI is InChI=1S/C18H23N3/c19-11-17-6-13-4-14(7-17)9-18(8-13,10-17)12-21-16-3-1-2-15(20)5-16/h1-3,5,13-14,21H,4,6-10,12,20H2. The number of hydrogen-bond acceptors (Lipinski definition) is 3. The van der Waals surface area contributed by atoms with E-state index in [9.17, 15) is 5.26 Å². The van der Waals surface area contributed by atoms with E-state index in [4.69, 9.17) is 5.73 Å². The number of nitrogen functional groups attached to an aromatic ring is 1. The van der Waals surface area contributed by atoms with Crippen LogP contribution in [0.2, 0.25) is 0 Å². The Labute approximate surface area is 126 Å². The molecule has 4 fully saturated rings. The van der Waals surface area contributed by atoms with Gasteiger partial charge in [0.25, 0.3) is 0 Å². The van der Waals surface area contributed by atoms with Crippen LogP contribution in [0.25, 0.3) is 0 Å². The second-order valence-corrected chi connectivity index (χ2v) is 7.83. The topological polar surface area (TPSA) is 61.8 Å². The maximum Gasteiger partial charge on any atom is 0.0690 e. The first kappa shape index (κ1) is 13.0. The Balaban J connectivity index is 1.53. The van der Waals surface area contributed by atoms with E-state index in [0.29, 0.717) is 5.41 Å². The third kappa shape index (κ3) is 2.18. The monoisotopic (exact) mass is 281 g/mol. The van der Waals surface area contributed by atoms with Crippen molar-refractivity contribution in [3.05, 3.63) is 24.3 Å². The molecular formula is C18H23N3. The Morgan fingerprint density at radius 1 is 1.24 bits per heavy atom. The van der Waals surface area contributed by atoms with Gasteiger partial charge in [0.15, 0.2) is 0 Å². The molecule has 2 unspecified atom stereocenters. The highest BCUT2D eigenvalue weighted by Gasteiger charge is 2.57. The molecule has 0 radical (unpaired) electrons. The summed E-state index contributed by atoms with van der Waals surface area (Å²) in [7, 11) is 0. The quantitative estimate of drug-likeness (QED) is 0.829. The second-order valence-electron chi connectivity index (χ2n) is 7.83. The highest BCUT2D eigenvalue weighted by Crippen LogP contribution is 2.64. The van der Waals surface area contributed by atoms with Crippen molar-refractivity contribution in [3.63, 3.8) is 0 Å². The van der Waals surface area contributed by atoms with E-state index >= 15 is 0 Å². The summed E-state index contributed by atoms with van der Waals surface area (Å²) < 4.78 is 0. The van der Waals surface area contributed by atoms with Gasteiger partial charge in [-0.2, -0.15) is 5.26 Å². The fourth-order valence-corrected chi connectivity index (χ4v) is 5.73. The molecule has 0 aromatic heterocycles. The van der Waals surface area contributed by atoms with Crippen LogP contribution in [-0.2, 0) is 0 Å². The Morgan fingerprint density at radius 3 is 2.67 bits per heavy atom. The number of rotatable bonds is 3. The van der Waals surface area contributed by atoms with Crippen LogP contribution in [0.4, 0.5) is 11.4 Å². The number of hydrogen-bond donors (Lipinski definition) is 2. The zero-order valence-corrected chi connectivity index (χ0v) is 12.4. The molecule has 0 amide bonds. The van der Waals surface area contributed by atoms with E-state index in [1.807, 2.05) is 18.2 Å². The van der Waals surface area contributed by atoms with Crippen molar-refractivity contribution in [2.45, 2.75) is 38.5 Å². The van der Waals surface area contributed by atoms with Gasteiger partial charge >= 0.3 is 0 Å². The van der Waals surface area contributed by atoms with Gasteiger partial charge in [-0.1, -0.05) is 6.07 Å². The zero-order valence-electron chi connectivity index (χ0n) is 12.4. The highest BCUT2D eigenvalue weighted by molar-refractivity contribution is 5.54. The van der Waals surface area contributed by atoms with Gasteiger partial charge in [0.1, 0.15) is 0 Å². The summed E-state index contributed by atoms with van der Waals surface area (Å²) in [5, 5.41) is 13.3. The number of nitrogens with zero attached hydrogens (tertiary/aromatic N) is 1. The first-order chi connectivity index (χ1) is 10.1. The van der Waals surface area contributed by atoms with E-state index in [2.05, 4.69) is 17.5 Å². The molecular weight excluding hydrogens is 258 g/mol. The Hall–Kier alpha value is -1.69. The maximum atomic E-state index is 9.68. The highest BCUT2D eigenvalue weighted by atomic mass is 14.9. The Morgan fingerprint density at radius 2 is 2.00 bits per heavy atom. The van der Waals surface area contributed by atoms with Crippen LogP contribution in [0.15, 0.2) is 24.3 Å². The van der Waals surface area contributed by atoms with Gasteiger partial charge in [-0.15, -0.1) is 0 Å². The van der Waals surface area contributed by atoms with Crippen molar-refractivity contribution in [1.29, 1.82) is 5.26 Å². The average molecular weight is 281 g/mol. The second kappa shape index (κ2) is 4.40. The third-order valence-corrected chi connectivity index (χ3v) is 5.97. The molecule has 4 aliphatic carbocycles. The molecule has 4 saturated carbocycles. The summed E-state index contributed by atoms with van der Waals surface area (Å²) in [5.41, 5.74) is 8.09. The molecule has 1 aromatic rings. The van der Waals surface area contributed by atoms with Crippen LogP contribution in [-0.4, -0.2) is 6.54 Å². The number of benzene rings is 1. The number of nitrogens with one attached hydrogen (secondary N) is 1. The van der Waals surface area contributed by atoms with Gasteiger partial charge < -0.3 is 11.1 Å². The minimum atomic E-state index is -0.0124. The van der Waals surface area contributed by atoms with Crippen LogP contribution < -0.4 is 11.1 Å². The molecule has 3 heteroatoms. The predicted octanol–water partition coefficient (Wildman–Crippen LogP) is 3.79. The van der Waals surface area contributed by atoms with E-state index < -0.39 is 0 Å². The van der Waals surface area contributed by atoms with Crippen LogP contribution in [0, 0.1) is 34.0 Å². The number of anilines is 2. The summed E-state index contributed by atoms with van der Waals surface area (Å²) in [5.74, 6) is 1.57. The van der Waals surface area contributed by atoms with Crippen LogP contribution in [0.5, 0.6) is 0 Å². The molecule has 0 heterocycles. The molecule has 21 heavy (non-hydrogen) atoms. The summed E-state index contributed by atoms with van der Waals surface area (Å²) >= 11 is 0. The lowest BCUT2D eigenvalue weighted by atomic mass is 9.44. The van der Waals surface area contributed by atoms with Crippen molar-refractivity contribution < 1.29 is 0 Å². The molecule has 2 atom stereocenters. The Kier molecular flexibility index (Phi) is 2.73. The van der Waals surface area contributed by atoms with Crippen molar-refractivity contribution in [3.8, 4) is 6.07 Å². The van der Waals surface area contributed by atoms with E-state index in [-0.39, 0.29) is 5.41 Å². The summed E-state index contributed by atoms with van der Waals surface area (Å²) in [6, 6.07) is 10.7. The van der Waals surface area contributed by atoms with Crippen molar-refractivity contribution in [2.75, 3.05) is 17.6 Å². The SMILES string of the molecule is N#CC12CC3CC(C1)CC(CNc1cccc(N)c1)(C3)C2. The largest absolute Gasteiger partial charge is 0.399 e. The van der Waals surface area contributed by atoms with Gasteiger partial charge in [-0.05, 0) is 74.0 Å². The smallest absolute Gasteiger partial charge is 0.0690 e. The molecule has 3 N–H and O–H groups in total. The van der Waals surface area contributed by atoms with E-state index in [0.717, 1.165) is 49.0 Å². The Bertz CT molecular complexity index is 587. The third-order valence-electron chi connectivity index (χ3n) is 5.97. The molecule has 110 valence electrons. The van der Waals surface area contributed by atoms with Crippen LogP contribution in [0.1, 0.15) is 38.5 Å². The lowest BCUT2D eigenvalue weighted by molar-refractivity contribution is -0.0766. The van der Waals surface area contributed by atoms with Crippen molar-refractivity contribution in [2.24, 2.45) is 22.7 Å².